The second-order valence-corrected chi connectivity index (χ2v) is 7.07. The van der Waals surface area contributed by atoms with Crippen molar-refractivity contribution >= 4 is 34.8 Å². The van der Waals surface area contributed by atoms with Gasteiger partial charge in [0.05, 0.1) is 17.3 Å². The monoisotopic (exact) mass is 438 g/mol. The molecule has 0 aliphatic heterocycles. The SMILES string of the molecule is CCOc1ccc(NC(=O)C(C)Oc2ccc(C(=O)Nc3ccccc3Cl)cc2)cc1. The fourth-order valence-electron chi connectivity index (χ4n) is 2.74. The summed E-state index contributed by atoms with van der Waals surface area (Å²) in [5.74, 6) is 0.637. The minimum atomic E-state index is -0.727. The molecule has 3 rings (SSSR count). The van der Waals surface area contributed by atoms with Gasteiger partial charge in [-0.2, -0.15) is 0 Å². The van der Waals surface area contributed by atoms with Gasteiger partial charge in [0.25, 0.3) is 11.8 Å². The molecule has 0 bridgehead atoms. The van der Waals surface area contributed by atoms with Gasteiger partial charge in [0.2, 0.25) is 0 Å². The summed E-state index contributed by atoms with van der Waals surface area (Å²) < 4.78 is 11.1. The summed E-state index contributed by atoms with van der Waals surface area (Å²) in [6.45, 7) is 4.14. The van der Waals surface area contributed by atoms with Crippen LogP contribution in [0.2, 0.25) is 5.02 Å². The Bertz CT molecular complexity index is 1040. The third kappa shape index (κ3) is 6.23. The van der Waals surface area contributed by atoms with Crippen molar-refractivity contribution in [3.8, 4) is 11.5 Å². The predicted molar refractivity (Wildman–Crippen MR) is 122 cm³/mol. The van der Waals surface area contributed by atoms with Gasteiger partial charge in [0.15, 0.2) is 6.10 Å². The Kier molecular flexibility index (Phi) is 7.51. The maximum Gasteiger partial charge on any atom is 0.265 e. The van der Waals surface area contributed by atoms with Crippen molar-refractivity contribution in [1.29, 1.82) is 0 Å². The molecule has 0 spiro atoms. The van der Waals surface area contributed by atoms with Crippen molar-refractivity contribution in [2.45, 2.75) is 20.0 Å². The zero-order valence-electron chi connectivity index (χ0n) is 17.2. The van der Waals surface area contributed by atoms with Gasteiger partial charge >= 0.3 is 0 Å². The second-order valence-electron chi connectivity index (χ2n) is 6.67. The fourth-order valence-corrected chi connectivity index (χ4v) is 2.93. The van der Waals surface area contributed by atoms with Crippen molar-refractivity contribution in [2.75, 3.05) is 17.2 Å². The number of hydrogen-bond donors (Lipinski definition) is 2. The minimum Gasteiger partial charge on any atom is -0.494 e. The topological polar surface area (TPSA) is 76.7 Å². The highest BCUT2D eigenvalue weighted by Gasteiger charge is 2.15. The van der Waals surface area contributed by atoms with Gasteiger partial charge < -0.3 is 20.1 Å². The van der Waals surface area contributed by atoms with Gasteiger partial charge in [-0.15, -0.1) is 0 Å². The van der Waals surface area contributed by atoms with Crippen LogP contribution in [-0.2, 0) is 4.79 Å². The number of hydrogen-bond acceptors (Lipinski definition) is 4. The molecule has 1 unspecified atom stereocenters. The molecule has 0 fully saturated rings. The highest BCUT2D eigenvalue weighted by molar-refractivity contribution is 6.33. The van der Waals surface area contributed by atoms with E-state index in [1.54, 1.807) is 79.7 Å². The number of benzene rings is 3. The fraction of sp³-hybridized carbons (Fsp3) is 0.167. The van der Waals surface area contributed by atoms with Gasteiger partial charge in [0, 0.05) is 11.3 Å². The third-order valence-electron chi connectivity index (χ3n) is 4.35. The van der Waals surface area contributed by atoms with Gasteiger partial charge in [-0.25, -0.2) is 0 Å². The van der Waals surface area contributed by atoms with E-state index in [4.69, 9.17) is 21.1 Å². The third-order valence-corrected chi connectivity index (χ3v) is 4.68. The van der Waals surface area contributed by atoms with Gasteiger partial charge in [-0.3, -0.25) is 9.59 Å². The van der Waals surface area contributed by atoms with Crippen LogP contribution in [0.25, 0.3) is 0 Å². The maximum absolute atomic E-state index is 12.4. The lowest BCUT2D eigenvalue weighted by Crippen LogP contribution is -2.30. The molecule has 0 aromatic heterocycles. The Morgan fingerprint density at radius 2 is 1.55 bits per heavy atom. The van der Waals surface area contributed by atoms with Crippen molar-refractivity contribution in [3.63, 3.8) is 0 Å². The smallest absolute Gasteiger partial charge is 0.265 e. The van der Waals surface area contributed by atoms with E-state index in [1.807, 2.05) is 6.92 Å². The summed E-state index contributed by atoms with van der Waals surface area (Å²) >= 11 is 6.07. The summed E-state index contributed by atoms with van der Waals surface area (Å²) in [4.78, 5) is 24.8. The van der Waals surface area contributed by atoms with E-state index in [2.05, 4.69) is 10.6 Å². The molecule has 7 heteroatoms. The molecule has 3 aromatic rings. The van der Waals surface area contributed by atoms with E-state index < -0.39 is 6.10 Å². The van der Waals surface area contributed by atoms with Gasteiger partial charge in [-0.1, -0.05) is 23.7 Å². The highest BCUT2D eigenvalue weighted by atomic mass is 35.5. The lowest BCUT2D eigenvalue weighted by Gasteiger charge is -2.15. The molecule has 0 saturated heterocycles. The van der Waals surface area contributed by atoms with Gasteiger partial charge in [-0.05, 0) is 74.5 Å². The highest BCUT2D eigenvalue weighted by Crippen LogP contribution is 2.22. The molecule has 0 saturated carbocycles. The Morgan fingerprint density at radius 1 is 0.903 bits per heavy atom. The first-order chi connectivity index (χ1) is 15.0. The lowest BCUT2D eigenvalue weighted by molar-refractivity contribution is -0.122. The van der Waals surface area contributed by atoms with Crippen LogP contribution in [0.15, 0.2) is 72.8 Å². The molecule has 6 nitrogen and oxygen atoms in total. The Labute approximate surface area is 186 Å². The number of rotatable bonds is 8. The van der Waals surface area contributed by atoms with Crippen LogP contribution in [0, 0.1) is 0 Å². The molecule has 1 atom stereocenters. The quantitative estimate of drug-likeness (QED) is 0.494. The summed E-state index contributed by atoms with van der Waals surface area (Å²) in [6.07, 6.45) is -0.727. The van der Waals surface area contributed by atoms with E-state index in [9.17, 15) is 9.59 Å². The normalized spacial score (nSPS) is 11.3. The number of anilines is 2. The average Bonchev–Trinajstić information content (AvgIpc) is 2.77. The minimum absolute atomic E-state index is 0.287. The van der Waals surface area contributed by atoms with Crippen molar-refractivity contribution < 1.29 is 19.1 Å². The largest absolute Gasteiger partial charge is 0.494 e. The summed E-state index contributed by atoms with van der Waals surface area (Å²) in [7, 11) is 0. The van der Waals surface area contributed by atoms with Crippen LogP contribution < -0.4 is 20.1 Å². The maximum atomic E-state index is 12.4. The van der Waals surface area contributed by atoms with E-state index in [-0.39, 0.29) is 11.8 Å². The number of para-hydroxylation sites is 1. The lowest BCUT2D eigenvalue weighted by atomic mass is 10.2. The molecule has 3 aromatic carbocycles. The Balaban J connectivity index is 1.55. The molecular formula is C24H23ClN2O4. The van der Waals surface area contributed by atoms with Crippen molar-refractivity contribution in [1.82, 2.24) is 0 Å². The first-order valence-electron chi connectivity index (χ1n) is 9.82. The number of nitrogens with one attached hydrogen (secondary N) is 2. The number of carbonyl (C=O) groups excluding carboxylic acids is 2. The van der Waals surface area contributed by atoms with Gasteiger partial charge in [0.1, 0.15) is 11.5 Å². The Morgan fingerprint density at radius 3 is 2.19 bits per heavy atom. The van der Waals surface area contributed by atoms with E-state index in [0.717, 1.165) is 5.75 Å². The molecule has 0 heterocycles. The molecule has 0 radical (unpaired) electrons. The average molecular weight is 439 g/mol. The number of carbonyl (C=O) groups is 2. The summed E-state index contributed by atoms with van der Waals surface area (Å²) in [5.41, 5.74) is 1.63. The van der Waals surface area contributed by atoms with Crippen molar-refractivity contribution in [2.24, 2.45) is 0 Å². The van der Waals surface area contributed by atoms with E-state index in [1.165, 1.54) is 0 Å². The van der Waals surface area contributed by atoms with Crippen LogP contribution >= 0.6 is 11.6 Å². The number of ether oxygens (including phenoxy) is 2. The molecular weight excluding hydrogens is 416 g/mol. The molecule has 2 amide bonds. The predicted octanol–water partition coefficient (Wildman–Crippen LogP) is 5.40. The standard InChI is InChI=1S/C24H23ClN2O4/c1-3-30-19-14-10-18(11-15-19)26-23(28)16(2)31-20-12-8-17(9-13-20)24(29)27-22-7-5-4-6-21(22)25/h4-16H,3H2,1-2H3,(H,26,28)(H,27,29). The Hall–Kier alpha value is -3.51. The first kappa shape index (κ1) is 22.2. The van der Waals surface area contributed by atoms with Crippen LogP contribution in [0.3, 0.4) is 0 Å². The number of amides is 2. The molecule has 0 aliphatic carbocycles. The zero-order valence-corrected chi connectivity index (χ0v) is 18.0. The molecule has 160 valence electrons. The van der Waals surface area contributed by atoms with Crippen LogP contribution in [0.5, 0.6) is 11.5 Å². The van der Waals surface area contributed by atoms with Crippen molar-refractivity contribution in [3.05, 3.63) is 83.4 Å². The molecule has 31 heavy (non-hydrogen) atoms. The van der Waals surface area contributed by atoms with Crippen LogP contribution in [0.1, 0.15) is 24.2 Å². The van der Waals surface area contributed by atoms with E-state index >= 15 is 0 Å². The molecule has 0 aliphatic rings. The van der Waals surface area contributed by atoms with Crippen LogP contribution in [-0.4, -0.2) is 24.5 Å². The molecule has 2 N–H and O–H groups in total. The second kappa shape index (κ2) is 10.5. The summed E-state index contributed by atoms with van der Waals surface area (Å²) in [6, 6.07) is 20.6. The van der Waals surface area contributed by atoms with E-state index in [0.29, 0.717) is 34.3 Å². The summed E-state index contributed by atoms with van der Waals surface area (Å²) in [5, 5.41) is 6.02. The zero-order chi connectivity index (χ0) is 22.2. The number of halogens is 1. The van der Waals surface area contributed by atoms with Crippen LogP contribution in [0.4, 0.5) is 11.4 Å². The first-order valence-corrected chi connectivity index (χ1v) is 10.2.